The van der Waals surface area contributed by atoms with E-state index in [9.17, 15) is 35.9 Å². The third-order valence-electron chi connectivity index (χ3n) is 5.25. The summed E-state index contributed by atoms with van der Waals surface area (Å²) in [5.41, 5.74) is -1.65. The third-order valence-corrected chi connectivity index (χ3v) is 5.25. The minimum absolute atomic E-state index is 0.0262. The molecule has 0 aliphatic carbocycles. The number of nitrogens with zero attached hydrogens (tertiary/aromatic N) is 4. The van der Waals surface area contributed by atoms with Gasteiger partial charge in [0.15, 0.2) is 0 Å². The number of hydrogen-bond acceptors (Lipinski definition) is 5. The number of piperidine rings is 1. The smallest absolute Gasteiger partial charge is 0.288 e. The Labute approximate surface area is 178 Å². The van der Waals surface area contributed by atoms with Gasteiger partial charge in [-0.15, -0.1) is 0 Å². The molecule has 2 aromatic heterocycles. The SMILES string of the molecule is CC(C(=O)Nc1ccc(F)cn1)N1CCC(F)(F)C(c2cn(C(F)C(F)F)c(=O)cn2)C1. The summed E-state index contributed by atoms with van der Waals surface area (Å²) in [6.07, 6.45) is -5.25. The number of halogens is 6. The van der Waals surface area contributed by atoms with Gasteiger partial charge in [-0.05, 0) is 19.1 Å². The summed E-state index contributed by atoms with van der Waals surface area (Å²) < 4.78 is 81.3. The summed E-state index contributed by atoms with van der Waals surface area (Å²) in [4.78, 5) is 32.9. The topological polar surface area (TPSA) is 80.1 Å². The van der Waals surface area contributed by atoms with E-state index in [4.69, 9.17) is 0 Å². The number of likely N-dealkylation sites (tertiary alicyclic amines) is 1. The number of nitrogens with one attached hydrogen (secondary N) is 1. The van der Waals surface area contributed by atoms with Gasteiger partial charge in [-0.25, -0.2) is 31.3 Å². The Balaban J connectivity index is 1.80. The molecule has 1 N–H and O–H groups in total. The van der Waals surface area contributed by atoms with Crippen molar-refractivity contribution in [3.05, 3.63) is 52.6 Å². The van der Waals surface area contributed by atoms with Crippen LogP contribution in [0.3, 0.4) is 0 Å². The van der Waals surface area contributed by atoms with E-state index < -0.39 is 66.5 Å². The molecule has 7 nitrogen and oxygen atoms in total. The van der Waals surface area contributed by atoms with Crippen molar-refractivity contribution in [3.8, 4) is 0 Å². The first-order chi connectivity index (χ1) is 15.0. The van der Waals surface area contributed by atoms with Crippen molar-refractivity contribution >= 4 is 11.7 Å². The van der Waals surface area contributed by atoms with E-state index in [-0.39, 0.29) is 16.9 Å². The Morgan fingerprint density at radius 2 is 1.94 bits per heavy atom. The molecule has 1 aliphatic rings. The molecule has 0 saturated carbocycles. The summed E-state index contributed by atoms with van der Waals surface area (Å²) in [5.74, 6) is -6.14. The van der Waals surface area contributed by atoms with E-state index in [1.54, 1.807) is 0 Å². The van der Waals surface area contributed by atoms with Gasteiger partial charge in [0.1, 0.15) is 11.6 Å². The van der Waals surface area contributed by atoms with Crippen molar-refractivity contribution in [3.63, 3.8) is 0 Å². The van der Waals surface area contributed by atoms with Crippen LogP contribution >= 0.6 is 0 Å². The number of carbonyl (C=O) groups is 1. The highest BCUT2D eigenvalue weighted by molar-refractivity contribution is 5.93. The predicted octanol–water partition coefficient (Wildman–Crippen LogP) is 2.96. The molecule has 0 bridgehead atoms. The zero-order valence-corrected chi connectivity index (χ0v) is 16.7. The molecule has 1 fully saturated rings. The second-order valence-electron chi connectivity index (χ2n) is 7.35. The first-order valence-corrected chi connectivity index (χ1v) is 9.54. The van der Waals surface area contributed by atoms with Gasteiger partial charge < -0.3 is 5.32 Å². The van der Waals surface area contributed by atoms with Gasteiger partial charge in [-0.1, -0.05) is 0 Å². The molecule has 32 heavy (non-hydrogen) atoms. The van der Waals surface area contributed by atoms with Crippen LogP contribution in [0.5, 0.6) is 0 Å². The lowest BCUT2D eigenvalue weighted by atomic mass is 9.89. The minimum Gasteiger partial charge on any atom is -0.309 e. The Bertz CT molecular complexity index is 1020. The molecular formula is C19H19F6N5O2. The number of anilines is 1. The van der Waals surface area contributed by atoms with Gasteiger partial charge in [0.2, 0.25) is 12.2 Å². The third kappa shape index (κ3) is 5.09. The molecule has 0 aromatic carbocycles. The van der Waals surface area contributed by atoms with E-state index in [1.807, 2.05) is 0 Å². The standard InChI is InChI=1S/C19H19F6N5O2/c1-10(18(32)28-14-3-2-11(20)6-27-14)29-5-4-19(24,25)12(8-29)13-9-30(15(31)7-26-13)17(23)16(21)22/h2-3,6-7,9-10,12,16-17H,4-5,8H2,1H3,(H,27,28,32). The second-order valence-corrected chi connectivity index (χ2v) is 7.35. The average molecular weight is 463 g/mol. The molecule has 1 aliphatic heterocycles. The number of carbonyl (C=O) groups excluding carboxylic acids is 1. The predicted molar refractivity (Wildman–Crippen MR) is 101 cm³/mol. The van der Waals surface area contributed by atoms with E-state index >= 15 is 0 Å². The summed E-state index contributed by atoms with van der Waals surface area (Å²) in [6.45, 7) is 0.884. The van der Waals surface area contributed by atoms with E-state index in [0.29, 0.717) is 12.4 Å². The highest BCUT2D eigenvalue weighted by Crippen LogP contribution is 2.40. The van der Waals surface area contributed by atoms with Crippen molar-refractivity contribution in [2.75, 3.05) is 18.4 Å². The van der Waals surface area contributed by atoms with Gasteiger partial charge in [0.25, 0.3) is 17.9 Å². The molecule has 3 rings (SSSR count). The molecule has 13 heteroatoms. The first-order valence-electron chi connectivity index (χ1n) is 9.54. The maximum atomic E-state index is 14.6. The van der Waals surface area contributed by atoms with Gasteiger partial charge in [-0.2, -0.15) is 0 Å². The normalized spacial score (nSPS) is 20.7. The lowest BCUT2D eigenvalue weighted by molar-refractivity contribution is -0.126. The lowest BCUT2D eigenvalue weighted by Gasteiger charge is -2.40. The van der Waals surface area contributed by atoms with Crippen LogP contribution in [0.4, 0.5) is 32.2 Å². The van der Waals surface area contributed by atoms with Crippen LogP contribution in [0.1, 0.15) is 31.3 Å². The van der Waals surface area contributed by atoms with E-state index in [1.165, 1.54) is 17.9 Å². The van der Waals surface area contributed by atoms with Crippen molar-refractivity contribution in [1.29, 1.82) is 0 Å². The summed E-state index contributed by atoms with van der Waals surface area (Å²) >= 11 is 0. The molecule has 1 amide bonds. The van der Waals surface area contributed by atoms with Crippen molar-refractivity contribution in [1.82, 2.24) is 19.4 Å². The summed E-state index contributed by atoms with van der Waals surface area (Å²) in [6, 6.07) is 1.40. The minimum atomic E-state index is -3.53. The molecule has 174 valence electrons. The molecule has 3 atom stereocenters. The second kappa shape index (κ2) is 9.27. The largest absolute Gasteiger partial charge is 0.309 e. The van der Waals surface area contributed by atoms with Crippen LogP contribution in [-0.4, -0.2) is 56.8 Å². The van der Waals surface area contributed by atoms with Gasteiger partial charge >= 0.3 is 0 Å². The van der Waals surface area contributed by atoms with Crippen LogP contribution in [0.15, 0.2) is 35.5 Å². The van der Waals surface area contributed by atoms with E-state index in [2.05, 4.69) is 15.3 Å². The van der Waals surface area contributed by atoms with Crippen molar-refractivity contribution in [2.45, 2.75) is 43.9 Å². The monoisotopic (exact) mass is 463 g/mol. The molecule has 0 radical (unpaired) electrons. The van der Waals surface area contributed by atoms with Crippen molar-refractivity contribution < 1.29 is 31.1 Å². The number of pyridine rings is 1. The molecule has 1 saturated heterocycles. The molecule has 2 aromatic rings. The number of aromatic nitrogens is 3. The fourth-order valence-electron chi connectivity index (χ4n) is 3.36. The van der Waals surface area contributed by atoms with Gasteiger partial charge in [0, 0.05) is 25.7 Å². The first kappa shape index (κ1) is 23.7. The van der Waals surface area contributed by atoms with Crippen LogP contribution in [0, 0.1) is 5.82 Å². The Morgan fingerprint density at radius 1 is 1.22 bits per heavy atom. The van der Waals surface area contributed by atoms with Crippen LogP contribution < -0.4 is 10.9 Å². The van der Waals surface area contributed by atoms with E-state index in [0.717, 1.165) is 12.3 Å². The zero-order valence-electron chi connectivity index (χ0n) is 16.7. The average Bonchev–Trinajstić information content (AvgIpc) is 2.74. The van der Waals surface area contributed by atoms with Crippen LogP contribution in [-0.2, 0) is 4.79 Å². The lowest BCUT2D eigenvalue weighted by Crippen LogP contribution is -2.52. The fourth-order valence-corrected chi connectivity index (χ4v) is 3.36. The number of hydrogen-bond donors (Lipinski definition) is 1. The summed E-state index contributed by atoms with van der Waals surface area (Å²) in [7, 11) is 0. The molecular weight excluding hydrogens is 444 g/mol. The fraction of sp³-hybridized carbons (Fsp3) is 0.474. The maximum Gasteiger partial charge on any atom is 0.288 e. The summed E-state index contributed by atoms with van der Waals surface area (Å²) in [5, 5.41) is 2.45. The van der Waals surface area contributed by atoms with Crippen LogP contribution in [0.2, 0.25) is 0 Å². The van der Waals surface area contributed by atoms with Crippen molar-refractivity contribution in [2.24, 2.45) is 0 Å². The van der Waals surface area contributed by atoms with Gasteiger partial charge in [0.05, 0.1) is 30.0 Å². The van der Waals surface area contributed by atoms with Gasteiger partial charge in [-0.3, -0.25) is 24.0 Å². The number of alkyl halides is 5. The molecule has 0 spiro atoms. The quantitative estimate of drug-likeness (QED) is 0.667. The Morgan fingerprint density at radius 3 is 2.56 bits per heavy atom. The zero-order chi connectivity index (χ0) is 23.6. The van der Waals surface area contributed by atoms with Crippen LogP contribution in [0.25, 0.3) is 0 Å². The molecule has 3 unspecified atom stereocenters. The number of rotatable bonds is 6. The highest BCUT2D eigenvalue weighted by atomic mass is 19.3. The maximum absolute atomic E-state index is 14.6. The Hall–Kier alpha value is -2.96. The Kier molecular flexibility index (Phi) is 6.86. The number of amides is 1. The highest BCUT2D eigenvalue weighted by Gasteiger charge is 2.47. The molecule has 3 heterocycles.